The average molecular weight is 385 g/mol. The van der Waals surface area contributed by atoms with Crippen molar-refractivity contribution in [2.75, 3.05) is 5.32 Å². The number of hydrogen-bond donors (Lipinski definition) is 2. The Bertz CT molecular complexity index is 1210. The molecule has 0 aliphatic rings. The first-order valence-electron chi connectivity index (χ1n) is 9.20. The van der Waals surface area contributed by atoms with Gasteiger partial charge in [0.15, 0.2) is 11.3 Å². The number of hydrogen-bond acceptors (Lipinski definition) is 4. The third kappa shape index (κ3) is 3.58. The highest BCUT2D eigenvalue weighted by Crippen LogP contribution is 2.23. The van der Waals surface area contributed by atoms with Crippen LogP contribution in [0.15, 0.2) is 67.0 Å². The van der Waals surface area contributed by atoms with Gasteiger partial charge in [-0.1, -0.05) is 49.4 Å². The van der Waals surface area contributed by atoms with Gasteiger partial charge in [-0.05, 0) is 35.7 Å². The summed E-state index contributed by atoms with van der Waals surface area (Å²) in [6.07, 6.45) is 2.35. The molecule has 0 aliphatic heterocycles. The number of benzene rings is 2. The predicted octanol–water partition coefficient (Wildman–Crippen LogP) is 3.31. The third-order valence-electron chi connectivity index (χ3n) is 4.63. The molecule has 0 radical (unpaired) electrons. The normalized spacial score (nSPS) is 10.8. The maximum Gasteiger partial charge on any atom is 0.274 e. The van der Waals surface area contributed by atoms with E-state index in [-0.39, 0.29) is 22.9 Å². The van der Waals surface area contributed by atoms with Crippen LogP contribution in [0.3, 0.4) is 0 Å². The summed E-state index contributed by atoms with van der Waals surface area (Å²) in [5.41, 5.74) is 9.20. The fourth-order valence-corrected chi connectivity index (χ4v) is 3.16. The minimum absolute atomic E-state index is 0.0183. The van der Waals surface area contributed by atoms with Crippen LogP contribution in [0.1, 0.15) is 33.5 Å². The minimum Gasteiger partial charge on any atom is -0.364 e. The summed E-state index contributed by atoms with van der Waals surface area (Å²) in [7, 11) is 0. The standard InChI is InChI=1S/C22H19N5O2/c1-2-14-7-6-10-16(11-14)25-22(29)17-12-18(15-8-4-3-5-9-15)27-13-24-19(20(23)28)21(27)26-17/h3-13H,2H2,1H3,(H2,23,28)(H,25,29). The highest BCUT2D eigenvalue weighted by atomic mass is 16.2. The van der Waals surface area contributed by atoms with Gasteiger partial charge in [-0.2, -0.15) is 0 Å². The highest BCUT2D eigenvalue weighted by Gasteiger charge is 2.19. The Morgan fingerprint density at radius 1 is 1.07 bits per heavy atom. The molecule has 0 aliphatic carbocycles. The van der Waals surface area contributed by atoms with Gasteiger partial charge in [0.2, 0.25) is 0 Å². The molecule has 2 amide bonds. The van der Waals surface area contributed by atoms with Crippen molar-refractivity contribution in [3.8, 4) is 11.3 Å². The van der Waals surface area contributed by atoms with Gasteiger partial charge in [-0.3, -0.25) is 14.0 Å². The number of rotatable bonds is 5. The Morgan fingerprint density at radius 3 is 2.59 bits per heavy atom. The van der Waals surface area contributed by atoms with Crippen molar-refractivity contribution in [2.45, 2.75) is 13.3 Å². The monoisotopic (exact) mass is 385 g/mol. The first-order chi connectivity index (χ1) is 14.1. The van der Waals surface area contributed by atoms with E-state index in [0.29, 0.717) is 11.4 Å². The number of aryl methyl sites for hydroxylation is 1. The lowest BCUT2D eigenvalue weighted by atomic mass is 10.1. The van der Waals surface area contributed by atoms with Gasteiger partial charge in [-0.15, -0.1) is 0 Å². The van der Waals surface area contributed by atoms with Crippen molar-refractivity contribution < 1.29 is 9.59 Å². The molecule has 2 aromatic heterocycles. The van der Waals surface area contributed by atoms with E-state index in [1.807, 2.05) is 61.5 Å². The van der Waals surface area contributed by atoms with Crippen molar-refractivity contribution in [3.63, 3.8) is 0 Å². The van der Waals surface area contributed by atoms with Crippen molar-refractivity contribution in [1.82, 2.24) is 14.4 Å². The number of carbonyl (C=O) groups is 2. The van der Waals surface area contributed by atoms with E-state index in [1.165, 1.54) is 6.33 Å². The highest BCUT2D eigenvalue weighted by molar-refractivity contribution is 6.04. The van der Waals surface area contributed by atoms with Crippen LogP contribution < -0.4 is 11.1 Å². The van der Waals surface area contributed by atoms with Crippen LogP contribution in [0.4, 0.5) is 5.69 Å². The zero-order valence-electron chi connectivity index (χ0n) is 15.8. The molecule has 0 unspecified atom stereocenters. The van der Waals surface area contributed by atoms with Crippen molar-refractivity contribution in [2.24, 2.45) is 5.73 Å². The lowest BCUT2D eigenvalue weighted by Crippen LogP contribution is -2.17. The summed E-state index contributed by atoms with van der Waals surface area (Å²) in [6, 6.07) is 18.8. The molecule has 29 heavy (non-hydrogen) atoms. The lowest BCUT2D eigenvalue weighted by molar-refractivity contribution is 0.0993. The molecule has 0 atom stereocenters. The van der Waals surface area contributed by atoms with Crippen molar-refractivity contribution in [3.05, 3.63) is 83.9 Å². The Balaban J connectivity index is 1.82. The summed E-state index contributed by atoms with van der Waals surface area (Å²) in [4.78, 5) is 33.1. The Labute approximate surface area is 167 Å². The van der Waals surface area contributed by atoms with E-state index in [1.54, 1.807) is 10.5 Å². The first kappa shape index (κ1) is 18.4. The van der Waals surface area contributed by atoms with E-state index in [2.05, 4.69) is 15.3 Å². The zero-order chi connectivity index (χ0) is 20.4. The zero-order valence-corrected chi connectivity index (χ0v) is 15.8. The third-order valence-corrected chi connectivity index (χ3v) is 4.63. The number of amides is 2. The maximum atomic E-state index is 12.9. The van der Waals surface area contributed by atoms with E-state index < -0.39 is 5.91 Å². The number of nitrogens with zero attached hydrogens (tertiary/aromatic N) is 3. The molecule has 0 spiro atoms. The molecule has 7 heteroatoms. The predicted molar refractivity (Wildman–Crippen MR) is 111 cm³/mol. The second kappa shape index (κ2) is 7.55. The second-order valence-electron chi connectivity index (χ2n) is 6.55. The molecule has 3 N–H and O–H groups in total. The number of carbonyl (C=O) groups excluding carboxylic acids is 2. The first-order valence-corrected chi connectivity index (χ1v) is 9.20. The fourth-order valence-electron chi connectivity index (χ4n) is 3.16. The number of anilines is 1. The van der Waals surface area contributed by atoms with Gasteiger partial charge in [-0.25, -0.2) is 9.97 Å². The van der Waals surface area contributed by atoms with Gasteiger partial charge in [0.1, 0.15) is 12.0 Å². The topological polar surface area (TPSA) is 102 Å². The molecular formula is C22H19N5O2. The molecule has 2 aromatic carbocycles. The van der Waals surface area contributed by atoms with Crippen molar-refractivity contribution >= 4 is 23.1 Å². The average Bonchev–Trinajstić information content (AvgIpc) is 3.18. The number of nitrogens with two attached hydrogens (primary N) is 1. The Kier molecular flexibility index (Phi) is 4.78. The quantitative estimate of drug-likeness (QED) is 0.550. The van der Waals surface area contributed by atoms with E-state index >= 15 is 0 Å². The van der Waals surface area contributed by atoms with Crippen LogP contribution >= 0.6 is 0 Å². The molecule has 4 aromatic rings. The van der Waals surface area contributed by atoms with Crippen LogP contribution in [0.25, 0.3) is 16.9 Å². The van der Waals surface area contributed by atoms with E-state index in [9.17, 15) is 9.59 Å². The van der Waals surface area contributed by atoms with E-state index in [0.717, 1.165) is 17.5 Å². The summed E-state index contributed by atoms with van der Waals surface area (Å²) in [6.45, 7) is 2.05. The lowest BCUT2D eigenvalue weighted by Gasteiger charge is -2.10. The van der Waals surface area contributed by atoms with Crippen LogP contribution in [-0.2, 0) is 6.42 Å². The molecule has 0 bridgehead atoms. The van der Waals surface area contributed by atoms with Gasteiger partial charge in [0.05, 0.1) is 5.69 Å². The number of primary amides is 1. The molecule has 144 valence electrons. The smallest absolute Gasteiger partial charge is 0.274 e. The molecular weight excluding hydrogens is 366 g/mol. The molecule has 7 nitrogen and oxygen atoms in total. The van der Waals surface area contributed by atoms with E-state index in [4.69, 9.17) is 5.73 Å². The Morgan fingerprint density at radius 2 is 1.86 bits per heavy atom. The summed E-state index contributed by atoms with van der Waals surface area (Å²) < 4.78 is 1.66. The largest absolute Gasteiger partial charge is 0.364 e. The molecule has 4 rings (SSSR count). The number of nitrogens with one attached hydrogen (secondary N) is 1. The number of aromatic nitrogens is 3. The second-order valence-corrected chi connectivity index (χ2v) is 6.55. The molecule has 0 fully saturated rings. The summed E-state index contributed by atoms with van der Waals surface area (Å²) in [5.74, 6) is -1.08. The van der Waals surface area contributed by atoms with Crippen LogP contribution in [0.2, 0.25) is 0 Å². The van der Waals surface area contributed by atoms with Gasteiger partial charge in [0.25, 0.3) is 11.8 Å². The molecule has 0 saturated carbocycles. The van der Waals surface area contributed by atoms with Gasteiger partial charge in [0, 0.05) is 5.69 Å². The maximum absolute atomic E-state index is 12.9. The van der Waals surface area contributed by atoms with Crippen LogP contribution in [0.5, 0.6) is 0 Å². The van der Waals surface area contributed by atoms with Crippen molar-refractivity contribution in [1.29, 1.82) is 0 Å². The summed E-state index contributed by atoms with van der Waals surface area (Å²) >= 11 is 0. The number of fused-ring (bicyclic) bond motifs is 1. The molecule has 0 saturated heterocycles. The Hall–Kier alpha value is -4.00. The fraction of sp³-hybridized carbons (Fsp3) is 0.0909. The minimum atomic E-state index is -0.702. The molecule has 2 heterocycles. The number of imidazole rings is 1. The summed E-state index contributed by atoms with van der Waals surface area (Å²) in [5, 5.41) is 2.87. The van der Waals surface area contributed by atoms with Crippen LogP contribution in [0, 0.1) is 0 Å². The van der Waals surface area contributed by atoms with Crippen LogP contribution in [-0.4, -0.2) is 26.2 Å². The van der Waals surface area contributed by atoms with Gasteiger partial charge < -0.3 is 11.1 Å². The van der Waals surface area contributed by atoms with Gasteiger partial charge >= 0.3 is 0 Å². The SMILES string of the molecule is CCc1cccc(NC(=O)c2cc(-c3ccccc3)n3cnc(C(N)=O)c3n2)c1.